The first kappa shape index (κ1) is 13.2. The fraction of sp³-hybridized carbons (Fsp3) is 0.471. The molecule has 0 fully saturated rings. The van der Waals surface area contributed by atoms with Crippen LogP contribution in [0.3, 0.4) is 0 Å². The summed E-state index contributed by atoms with van der Waals surface area (Å²) in [6, 6.07) is 8.54. The number of amides is 1. The van der Waals surface area contributed by atoms with Crippen molar-refractivity contribution in [1.29, 1.82) is 0 Å². The molecule has 1 aromatic heterocycles. The summed E-state index contributed by atoms with van der Waals surface area (Å²) in [7, 11) is 2.11. The van der Waals surface area contributed by atoms with Crippen molar-refractivity contribution in [1.82, 2.24) is 9.47 Å². The Kier molecular flexibility index (Phi) is 3.51. The van der Waals surface area contributed by atoms with Gasteiger partial charge < -0.3 is 9.47 Å². The summed E-state index contributed by atoms with van der Waals surface area (Å²) in [6.07, 6.45) is 3.75. The van der Waals surface area contributed by atoms with Gasteiger partial charge in [-0.1, -0.05) is 31.5 Å². The Morgan fingerprint density at radius 3 is 2.90 bits per heavy atom. The van der Waals surface area contributed by atoms with Crippen molar-refractivity contribution >= 4 is 16.8 Å². The standard InChI is InChI=1S/C17H22N2O/c1-3-4-9-17(20)19-11-10-14-13-7-5-6-8-15(13)18(2)16(14)12-19/h5-8H,3-4,9-12H2,1-2H3. The molecule has 3 rings (SSSR count). The monoisotopic (exact) mass is 270 g/mol. The lowest BCUT2D eigenvalue weighted by Gasteiger charge is -2.28. The smallest absolute Gasteiger partial charge is 0.222 e. The van der Waals surface area contributed by atoms with Gasteiger partial charge in [0.05, 0.1) is 6.54 Å². The zero-order valence-corrected chi connectivity index (χ0v) is 12.4. The number of aryl methyl sites for hydroxylation is 1. The number of carbonyl (C=O) groups is 1. The summed E-state index contributed by atoms with van der Waals surface area (Å²) in [6.45, 7) is 3.76. The molecule has 1 aliphatic heterocycles. The number of fused-ring (bicyclic) bond motifs is 3. The second kappa shape index (κ2) is 5.31. The Morgan fingerprint density at radius 2 is 2.10 bits per heavy atom. The average Bonchev–Trinajstić information content (AvgIpc) is 2.78. The zero-order chi connectivity index (χ0) is 14.1. The molecule has 0 saturated carbocycles. The zero-order valence-electron chi connectivity index (χ0n) is 12.4. The van der Waals surface area contributed by atoms with Crippen molar-refractivity contribution in [2.75, 3.05) is 6.54 Å². The molecule has 1 aliphatic rings. The van der Waals surface area contributed by atoms with E-state index in [9.17, 15) is 4.79 Å². The molecule has 1 amide bonds. The van der Waals surface area contributed by atoms with Gasteiger partial charge in [-0.05, 0) is 24.5 Å². The Bertz CT molecular complexity index is 642. The third kappa shape index (κ3) is 2.11. The molecular formula is C17H22N2O. The Balaban J connectivity index is 1.90. The highest BCUT2D eigenvalue weighted by Gasteiger charge is 2.24. The minimum atomic E-state index is 0.308. The molecule has 3 nitrogen and oxygen atoms in total. The summed E-state index contributed by atoms with van der Waals surface area (Å²) in [5, 5.41) is 1.35. The molecular weight excluding hydrogens is 248 g/mol. The van der Waals surface area contributed by atoms with Gasteiger partial charge in [0.1, 0.15) is 0 Å². The fourth-order valence-electron chi connectivity index (χ4n) is 3.21. The molecule has 0 saturated heterocycles. The molecule has 0 unspecified atom stereocenters. The number of hydrogen-bond donors (Lipinski definition) is 0. The van der Waals surface area contributed by atoms with Crippen molar-refractivity contribution < 1.29 is 4.79 Å². The number of hydrogen-bond acceptors (Lipinski definition) is 1. The van der Waals surface area contributed by atoms with E-state index in [1.165, 1.54) is 22.2 Å². The molecule has 2 aromatic rings. The van der Waals surface area contributed by atoms with Crippen LogP contribution >= 0.6 is 0 Å². The van der Waals surface area contributed by atoms with Gasteiger partial charge in [-0.3, -0.25) is 4.79 Å². The number of unbranched alkanes of at least 4 members (excludes halogenated alkanes) is 1. The maximum Gasteiger partial charge on any atom is 0.222 e. The first-order valence-corrected chi connectivity index (χ1v) is 7.55. The van der Waals surface area contributed by atoms with E-state index in [4.69, 9.17) is 0 Å². The lowest BCUT2D eigenvalue weighted by atomic mass is 10.0. The van der Waals surface area contributed by atoms with Gasteiger partial charge in [0, 0.05) is 36.6 Å². The van der Waals surface area contributed by atoms with Gasteiger partial charge in [-0.25, -0.2) is 0 Å². The molecule has 0 spiro atoms. The van der Waals surface area contributed by atoms with Gasteiger partial charge in [0.15, 0.2) is 0 Å². The molecule has 106 valence electrons. The molecule has 3 heteroatoms. The molecule has 0 N–H and O–H groups in total. The predicted octanol–water partition coefficient (Wildman–Crippen LogP) is 3.25. The quantitative estimate of drug-likeness (QED) is 0.840. The van der Waals surface area contributed by atoms with E-state index in [1.807, 2.05) is 4.90 Å². The van der Waals surface area contributed by atoms with Gasteiger partial charge >= 0.3 is 0 Å². The van der Waals surface area contributed by atoms with E-state index in [2.05, 4.69) is 42.8 Å². The maximum atomic E-state index is 12.2. The molecule has 2 heterocycles. The highest BCUT2D eigenvalue weighted by Crippen LogP contribution is 2.30. The van der Waals surface area contributed by atoms with Crippen molar-refractivity contribution in [3.63, 3.8) is 0 Å². The predicted molar refractivity (Wildman–Crippen MR) is 81.6 cm³/mol. The molecule has 1 aromatic carbocycles. The van der Waals surface area contributed by atoms with Crippen LogP contribution in [0.15, 0.2) is 24.3 Å². The summed E-state index contributed by atoms with van der Waals surface area (Å²) >= 11 is 0. The van der Waals surface area contributed by atoms with E-state index >= 15 is 0 Å². The van der Waals surface area contributed by atoms with Gasteiger partial charge in [0.2, 0.25) is 5.91 Å². The van der Waals surface area contributed by atoms with Crippen LogP contribution in [-0.2, 0) is 24.8 Å². The maximum absolute atomic E-state index is 12.2. The third-order valence-electron chi connectivity index (χ3n) is 4.41. The van der Waals surface area contributed by atoms with Crippen molar-refractivity contribution in [2.45, 2.75) is 39.2 Å². The molecule has 20 heavy (non-hydrogen) atoms. The normalized spacial score (nSPS) is 14.6. The molecule has 0 atom stereocenters. The van der Waals surface area contributed by atoms with Crippen LogP contribution < -0.4 is 0 Å². The highest BCUT2D eigenvalue weighted by molar-refractivity contribution is 5.86. The number of rotatable bonds is 3. The van der Waals surface area contributed by atoms with E-state index in [0.29, 0.717) is 12.3 Å². The van der Waals surface area contributed by atoms with Crippen LogP contribution in [0.5, 0.6) is 0 Å². The van der Waals surface area contributed by atoms with Crippen molar-refractivity contribution in [3.05, 3.63) is 35.5 Å². The SMILES string of the molecule is CCCCC(=O)N1CCc2c(n(C)c3ccccc23)C1. The average molecular weight is 270 g/mol. The summed E-state index contributed by atoms with van der Waals surface area (Å²) < 4.78 is 2.25. The molecule has 0 radical (unpaired) electrons. The summed E-state index contributed by atoms with van der Waals surface area (Å²) in [4.78, 5) is 14.2. The lowest BCUT2D eigenvalue weighted by Crippen LogP contribution is -2.36. The second-order valence-electron chi connectivity index (χ2n) is 5.67. The van der Waals surface area contributed by atoms with E-state index in [0.717, 1.165) is 32.4 Å². The largest absolute Gasteiger partial charge is 0.346 e. The van der Waals surface area contributed by atoms with Gasteiger partial charge in [0.25, 0.3) is 0 Å². The van der Waals surface area contributed by atoms with E-state index in [-0.39, 0.29) is 0 Å². The lowest BCUT2D eigenvalue weighted by molar-refractivity contribution is -0.132. The van der Waals surface area contributed by atoms with E-state index in [1.54, 1.807) is 0 Å². The first-order chi connectivity index (χ1) is 9.72. The molecule has 0 bridgehead atoms. The molecule has 0 aliphatic carbocycles. The summed E-state index contributed by atoms with van der Waals surface area (Å²) in [5.74, 6) is 0.308. The van der Waals surface area contributed by atoms with E-state index < -0.39 is 0 Å². The Labute approximate surface area is 120 Å². The van der Waals surface area contributed by atoms with Crippen molar-refractivity contribution in [2.24, 2.45) is 7.05 Å². The van der Waals surface area contributed by atoms with Crippen LogP contribution in [0.2, 0.25) is 0 Å². The van der Waals surface area contributed by atoms with Crippen LogP contribution in [0.4, 0.5) is 0 Å². The third-order valence-corrected chi connectivity index (χ3v) is 4.41. The fourth-order valence-corrected chi connectivity index (χ4v) is 3.21. The Morgan fingerprint density at radius 1 is 1.30 bits per heavy atom. The van der Waals surface area contributed by atoms with Crippen LogP contribution in [0.25, 0.3) is 10.9 Å². The highest BCUT2D eigenvalue weighted by atomic mass is 16.2. The van der Waals surface area contributed by atoms with Crippen LogP contribution in [0.1, 0.15) is 37.4 Å². The Hall–Kier alpha value is -1.77. The summed E-state index contributed by atoms with van der Waals surface area (Å²) in [5.41, 5.74) is 4.02. The van der Waals surface area contributed by atoms with Crippen LogP contribution in [0, 0.1) is 0 Å². The number of para-hydroxylation sites is 1. The first-order valence-electron chi connectivity index (χ1n) is 7.55. The van der Waals surface area contributed by atoms with Gasteiger partial charge in [-0.2, -0.15) is 0 Å². The second-order valence-corrected chi connectivity index (χ2v) is 5.67. The van der Waals surface area contributed by atoms with Crippen molar-refractivity contribution in [3.8, 4) is 0 Å². The number of carbonyl (C=O) groups excluding carboxylic acids is 1. The number of aromatic nitrogens is 1. The minimum Gasteiger partial charge on any atom is -0.346 e. The van der Waals surface area contributed by atoms with Crippen LogP contribution in [-0.4, -0.2) is 21.9 Å². The number of nitrogens with zero attached hydrogens (tertiary/aromatic N) is 2. The minimum absolute atomic E-state index is 0.308. The topological polar surface area (TPSA) is 25.2 Å². The van der Waals surface area contributed by atoms with Gasteiger partial charge in [-0.15, -0.1) is 0 Å². The number of benzene rings is 1.